The van der Waals surface area contributed by atoms with E-state index in [1.54, 1.807) is 31.1 Å². The lowest BCUT2D eigenvalue weighted by Crippen LogP contribution is -2.50. The summed E-state index contributed by atoms with van der Waals surface area (Å²) in [6.07, 6.45) is -0.707. The van der Waals surface area contributed by atoms with Crippen LogP contribution in [0.1, 0.15) is 10.4 Å². The number of hydrogen-bond donors (Lipinski definition) is 0. The molecule has 2 aromatic carbocycles. The van der Waals surface area contributed by atoms with Crippen LogP contribution in [0.15, 0.2) is 48.5 Å². The molecule has 3 rings (SSSR count). The van der Waals surface area contributed by atoms with E-state index in [4.69, 9.17) is 4.74 Å². The molecule has 5 nitrogen and oxygen atoms in total. The number of carbonyl (C=O) groups excluding carboxylic acids is 2. The molecule has 0 saturated heterocycles. The summed E-state index contributed by atoms with van der Waals surface area (Å²) in [6, 6.07) is 14.7. The van der Waals surface area contributed by atoms with Crippen LogP contribution in [0.5, 0.6) is 5.75 Å². The summed E-state index contributed by atoms with van der Waals surface area (Å²) in [6.45, 7) is 0.193. The fourth-order valence-electron chi connectivity index (χ4n) is 2.62. The highest BCUT2D eigenvalue weighted by atomic mass is 127. The van der Waals surface area contributed by atoms with Crippen molar-refractivity contribution < 1.29 is 14.3 Å². The van der Waals surface area contributed by atoms with Crippen LogP contribution in [0.3, 0.4) is 0 Å². The van der Waals surface area contributed by atoms with Crippen LogP contribution in [-0.4, -0.2) is 43.5 Å². The Hall–Kier alpha value is -2.09. The second kappa shape index (κ2) is 6.80. The first kappa shape index (κ1) is 16.8. The first-order chi connectivity index (χ1) is 11.5. The average Bonchev–Trinajstić information content (AvgIpc) is 2.59. The number of hydrogen-bond acceptors (Lipinski definition) is 3. The van der Waals surface area contributed by atoms with Crippen molar-refractivity contribution in [3.63, 3.8) is 0 Å². The number of rotatable bonds is 2. The molecule has 1 atom stereocenters. The maximum absolute atomic E-state index is 13.0. The molecule has 0 aliphatic carbocycles. The summed E-state index contributed by atoms with van der Waals surface area (Å²) in [4.78, 5) is 28.4. The number of fused-ring (bicyclic) bond motifs is 1. The van der Waals surface area contributed by atoms with Gasteiger partial charge in [-0.15, -0.1) is 0 Å². The minimum atomic E-state index is -0.707. The van der Waals surface area contributed by atoms with E-state index in [2.05, 4.69) is 22.6 Å². The topological polar surface area (TPSA) is 49.9 Å². The van der Waals surface area contributed by atoms with Gasteiger partial charge < -0.3 is 14.5 Å². The number of para-hydroxylation sites is 2. The van der Waals surface area contributed by atoms with Gasteiger partial charge in [-0.25, -0.2) is 0 Å². The molecule has 0 unspecified atom stereocenters. The lowest BCUT2D eigenvalue weighted by atomic mass is 10.1. The second-order valence-corrected chi connectivity index (χ2v) is 6.98. The summed E-state index contributed by atoms with van der Waals surface area (Å²) in [7, 11) is 3.36. The highest BCUT2D eigenvalue weighted by Crippen LogP contribution is 2.34. The van der Waals surface area contributed by atoms with Crippen molar-refractivity contribution >= 4 is 40.1 Å². The molecule has 1 aliphatic heterocycles. The largest absolute Gasteiger partial charge is 0.476 e. The Labute approximate surface area is 154 Å². The Morgan fingerprint density at radius 2 is 1.92 bits per heavy atom. The summed E-state index contributed by atoms with van der Waals surface area (Å²) in [5.74, 6) is 0.244. The Balaban J connectivity index is 1.99. The second-order valence-electron chi connectivity index (χ2n) is 5.73. The van der Waals surface area contributed by atoms with E-state index in [-0.39, 0.29) is 18.4 Å². The van der Waals surface area contributed by atoms with Gasteiger partial charge in [-0.3, -0.25) is 9.59 Å². The average molecular weight is 436 g/mol. The zero-order valence-corrected chi connectivity index (χ0v) is 15.6. The number of likely N-dealkylation sites (N-methyl/N-ethyl adjacent to an activating group) is 1. The molecule has 0 spiro atoms. The van der Waals surface area contributed by atoms with Crippen LogP contribution in [0, 0.1) is 3.57 Å². The van der Waals surface area contributed by atoms with Crippen molar-refractivity contribution in [1.29, 1.82) is 0 Å². The summed E-state index contributed by atoms with van der Waals surface area (Å²) in [5.41, 5.74) is 1.28. The smallest absolute Gasteiger partial charge is 0.265 e. The van der Waals surface area contributed by atoms with Crippen molar-refractivity contribution in [2.24, 2.45) is 0 Å². The molecule has 24 heavy (non-hydrogen) atoms. The molecule has 1 heterocycles. The predicted molar refractivity (Wildman–Crippen MR) is 100 cm³/mol. The molecule has 2 amide bonds. The van der Waals surface area contributed by atoms with Gasteiger partial charge in [-0.05, 0) is 52.9 Å². The van der Waals surface area contributed by atoms with Gasteiger partial charge in [0.05, 0.1) is 12.2 Å². The Bertz CT molecular complexity index is 791. The minimum Gasteiger partial charge on any atom is -0.476 e. The van der Waals surface area contributed by atoms with Crippen LogP contribution in [-0.2, 0) is 4.79 Å². The number of carbonyl (C=O) groups is 2. The summed E-state index contributed by atoms with van der Waals surface area (Å²) in [5, 5.41) is 0. The van der Waals surface area contributed by atoms with Crippen molar-refractivity contribution in [3.05, 3.63) is 57.7 Å². The van der Waals surface area contributed by atoms with Crippen LogP contribution in [0.4, 0.5) is 5.69 Å². The third kappa shape index (κ3) is 3.24. The molecule has 0 saturated carbocycles. The number of benzene rings is 2. The first-order valence-corrected chi connectivity index (χ1v) is 8.59. The van der Waals surface area contributed by atoms with E-state index < -0.39 is 6.10 Å². The number of halogens is 1. The van der Waals surface area contributed by atoms with Gasteiger partial charge in [0.25, 0.3) is 11.8 Å². The molecule has 0 aromatic heterocycles. The van der Waals surface area contributed by atoms with Crippen molar-refractivity contribution in [2.75, 3.05) is 25.5 Å². The van der Waals surface area contributed by atoms with E-state index in [0.29, 0.717) is 17.0 Å². The van der Waals surface area contributed by atoms with Gasteiger partial charge in [0.2, 0.25) is 0 Å². The van der Waals surface area contributed by atoms with E-state index in [1.165, 1.54) is 4.90 Å². The molecule has 0 N–H and O–H groups in total. The first-order valence-electron chi connectivity index (χ1n) is 7.51. The Morgan fingerprint density at radius 1 is 1.17 bits per heavy atom. The lowest BCUT2D eigenvalue weighted by Gasteiger charge is -2.35. The number of amides is 2. The minimum absolute atomic E-state index is 0.138. The monoisotopic (exact) mass is 436 g/mol. The fraction of sp³-hybridized carbons (Fsp3) is 0.222. The SMILES string of the molecule is CN(C)C(=O)[C@H]1CN(C(=O)c2cccc(I)c2)c2ccccc2O1. The lowest BCUT2D eigenvalue weighted by molar-refractivity contribution is -0.135. The number of ether oxygens (including phenoxy) is 1. The van der Waals surface area contributed by atoms with Gasteiger partial charge in [-0.2, -0.15) is 0 Å². The highest BCUT2D eigenvalue weighted by Gasteiger charge is 2.34. The zero-order chi connectivity index (χ0) is 17.3. The normalized spacial score (nSPS) is 16.1. The van der Waals surface area contributed by atoms with Crippen molar-refractivity contribution in [3.8, 4) is 5.75 Å². The van der Waals surface area contributed by atoms with E-state index in [1.807, 2.05) is 36.4 Å². The molecule has 0 fully saturated rings. The summed E-state index contributed by atoms with van der Waals surface area (Å²) >= 11 is 2.18. The zero-order valence-electron chi connectivity index (χ0n) is 13.4. The molecule has 6 heteroatoms. The molecule has 124 valence electrons. The van der Waals surface area contributed by atoms with Crippen molar-refractivity contribution in [1.82, 2.24) is 4.90 Å². The van der Waals surface area contributed by atoms with Crippen LogP contribution >= 0.6 is 22.6 Å². The van der Waals surface area contributed by atoms with Gasteiger partial charge in [0.15, 0.2) is 6.10 Å². The molecule has 0 bridgehead atoms. The third-order valence-corrected chi connectivity index (χ3v) is 4.48. The number of anilines is 1. The Morgan fingerprint density at radius 3 is 2.62 bits per heavy atom. The molecule has 0 radical (unpaired) electrons. The van der Waals surface area contributed by atoms with E-state index in [0.717, 1.165) is 3.57 Å². The standard InChI is InChI=1S/C18H17IN2O3/c1-20(2)18(23)16-11-21(14-8-3-4-9-15(14)24-16)17(22)12-6-5-7-13(19)10-12/h3-10,16H,11H2,1-2H3/t16-/m1/s1. The predicted octanol–water partition coefficient (Wildman–Crippen LogP) is 2.79. The quantitative estimate of drug-likeness (QED) is 0.681. The highest BCUT2D eigenvalue weighted by molar-refractivity contribution is 14.1. The maximum atomic E-state index is 13.0. The Kier molecular flexibility index (Phi) is 4.75. The van der Waals surface area contributed by atoms with Crippen LogP contribution in [0.2, 0.25) is 0 Å². The van der Waals surface area contributed by atoms with Gasteiger partial charge in [-0.1, -0.05) is 18.2 Å². The molecular weight excluding hydrogens is 419 g/mol. The van der Waals surface area contributed by atoms with Crippen LogP contribution < -0.4 is 9.64 Å². The van der Waals surface area contributed by atoms with Gasteiger partial charge in [0, 0.05) is 23.2 Å². The van der Waals surface area contributed by atoms with Crippen molar-refractivity contribution in [2.45, 2.75) is 6.10 Å². The maximum Gasteiger partial charge on any atom is 0.265 e. The molecule has 1 aliphatic rings. The number of nitrogens with zero attached hydrogens (tertiary/aromatic N) is 2. The van der Waals surface area contributed by atoms with Crippen LogP contribution in [0.25, 0.3) is 0 Å². The fourth-order valence-corrected chi connectivity index (χ4v) is 3.16. The van der Waals surface area contributed by atoms with E-state index in [9.17, 15) is 9.59 Å². The summed E-state index contributed by atoms with van der Waals surface area (Å²) < 4.78 is 6.80. The van der Waals surface area contributed by atoms with Gasteiger partial charge in [0.1, 0.15) is 5.75 Å². The van der Waals surface area contributed by atoms with E-state index >= 15 is 0 Å². The van der Waals surface area contributed by atoms with Gasteiger partial charge >= 0.3 is 0 Å². The molecule has 2 aromatic rings. The molecular formula is C18H17IN2O3. The third-order valence-electron chi connectivity index (χ3n) is 3.81.